The lowest BCUT2D eigenvalue weighted by Gasteiger charge is -2.42. The highest BCUT2D eigenvalue weighted by molar-refractivity contribution is 7.89. The maximum absolute atomic E-state index is 13.1. The van der Waals surface area contributed by atoms with Crippen LogP contribution in [0.3, 0.4) is 0 Å². The highest BCUT2D eigenvalue weighted by atomic mass is 32.2. The molecule has 0 unspecified atom stereocenters. The largest absolute Gasteiger partial charge is 0.351 e. The van der Waals surface area contributed by atoms with Crippen molar-refractivity contribution in [1.82, 2.24) is 9.62 Å². The van der Waals surface area contributed by atoms with Gasteiger partial charge in [-0.25, -0.2) is 8.42 Å². The Morgan fingerprint density at radius 1 is 0.897 bits per heavy atom. The quantitative estimate of drug-likeness (QED) is 0.786. The molecule has 6 heteroatoms. The summed E-state index contributed by atoms with van der Waals surface area (Å²) in [5.74, 6) is -0.316. The molecule has 1 aliphatic heterocycles. The number of amides is 1. The molecule has 0 radical (unpaired) electrons. The van der Waals surface area contributed by atoms with E-state index in [1.54, 1.807) is 24.3 Å². The van der Waals surface area contributed by atoms with Gasteiger partial charge in [0.05, 0.1) is 10.5 Å². The zero-order valence-electron chi connectivity index (χ0n) is 16.6. The molecule has 2 fully saturated rings. The Hall–Kier alpha value is -2.18. The van der Waals surface area contributed by atoms with E-state index in [0.29, 0.717) is 19.6 Å². The average Bonchev–Trinajstić information content (AvgIpc) is 2.74. The molecule has 5 nitrogen and oxygen atoms in total. The van der Waals surface area contributed by atoms with E-state index in [4.69, 9.17) is 0 Å². The molecule has 1 saturated carbocycles. The van der Waals surface area contributed by atoms with Crippen molar-refractivity contribution in [2.45, 2.75) is 48.8 Å². The fourth-order valence-electron chi connectivity index (χ4n) is 4.43. The molecule has 154 valence electrons. The van der Waals surface area contributed by atoms with Gasteiger partial charge in [0, 0.05) is 25.0 Å². The highest BCUT2D eigenvalue weighted by Crippen LogP contribution is 2.43. The molecule has 4 rings (SSSR count). The second-order valence-electron chi connectivity index (χ2n) is 8.14. The average molecular weight is 413 g/mol. The fourth-order valence-corrected chi connectivity index (χ4v) is 6.14. The number of nitrogens with one attached hydrogen (secondary N) is 1. The molecule has 1 amide bonds. The van der Waals surface area contributed by atoms with Crippen LogP contribution in [0.15, 0.2) is 59.5 Å². The van der Waals surface area contributed by atoms with Gasteiger partial charge in [-0.2, -0.15) is 4.31 Å². The van der Waals surface area contributed by atoms with Gasteiger partial charge in [0.15, 0.2) is 0 Å². The van der Waals surface area contributed by atoms with Crippen LogP contribution in [0.1, 0.15) is 54.4 Å². The molecule has 1 aliphatic carbocycles. The Bertz CT molecular complexity index is 963. The molecule has 0 atom stereocenters. The predicted molar refractivity (Wildman–Crippen MR) is 113 cm³/mol. The SMILES string of the molecule is O=C(NCC1(c2ccccc2)CCC1)c1ccccc1S(=O)(=O)N1CCCCC1. The number of carbonyl (C=O) groups excluding carboxylic acids is 1. The Morgan fingerprint density at radius 2 is 1.55 bits per heavy atom. The molecule has 0 bridgehead atoms. The Kier molecular flexibility index (Phi) is 5.74. The third-order valence-corrected chi connectivity index (χ3v) is 8.31. The maximum atomic E-state index is 13.1. The lowest BCUT2D eigenvalue weighted by Crippen LogP contribution is -2.46. The Balaban J connectivity index is 1.54. The highest BCUT2D eigenvalue weighted by Gasteiger charge is 2.39. The molecule has 2 aromatic carbocycles. The summed E-state index contributed by atoms with van der Waals surface area (Å²) in [6, 6.07) is 16.8. The van der Waals surface area contributed by atoms with Crippen LogP contribution < -0.4 is 5.32 Å². The van der Waals surface area contributed by atoms with E-state index in [1.807, 2.05) is 18.2 Å². The van der Waals surface area contributed by atoms with Gasteiger partial charge in [-0.1, -0.05) is 55.3 Å². The van der Waals surface area contributed by atoms with E-state index in [0.717, 1.165) is 38.5 Å². The fraction of sp³-hybridized carbons (Fsp3) is 0.435. The van der Waals surface area contributed by atoms with Gasteiger partial charge in [-0.05, 0) is 43.4 Å². The van der Waals surface area contributed by atoms with Crippen LogP contribution in [0, 0.1) is 0 Å². The van der Waals surface area contributed by atoms with Crippen molar-refractivity contribution in [3.63, 3.8) is 0 Å². The van der Waals surface area contributed by atoms with E-state index in [9.17, 15) is 13.2 Å². The van der Waals surface area contributed by atoms with Crippen LogP contribution in [0.25, 0.3) is 0 Å². The van der Waals surface area contributed by atoms with E-state index in [2.05, 4.69) is 17.4 Å². The molecule has 2 aliphatic rings. The van der Waals surface area contributed by atoms with Crippen LogP contribution in [-0.2, 0) is 15.4 Å². The lowest BCUT2D eigenvalue weighted by atomic mass is 9.64. The van der Waals surface area contributed by atoms with E-state index < -0.39 is 10.0 Å². The summed E-state index contributed by atoms with van der Waals surface area (Å²) in [5, 5.41) is 3.03. The number of sulfonamides is 1. The summed E-state index contributed by atoms with van der Waals surface area (Å²) in [6.45, 7) is 1.57. The molecule has 1 saturated heterocycles. The summed E-state index contributed by atoms with van der Waals surface area (Å²) in [5.41, 5.74) is 1.43. The van der Waals surface area contributed by atoms with Gasteiger partial charge in [0.2, 0.25) is 10.0 Å². The van der Waals surface area contributed by atoms with Gasteiger partial charge in [0.1, 0.15) is 0 Å². The summed E-state index contributed by atoms with van der Waals surface area (Å²) in [7, 11) is -3.66. The third-order valence-electron chi connectivity index (χ3n) is 6.35. The molecule has 2 aromatic rings. The van der Waals surface area contributed by atoms with Crippen molar-refractivity contribution in [3.05, 3.63) is 65.7 Å². The van der Waals surface area contributed by atoms with Crippen molar-refractivity contribution in [2.24, 2.45) is 0 Å². The molecule has 0 spiro atoms. The molecule has 0 aromatic heterocycles. The van der Waals surface area contributed by atoms with Gasteiger partial charge >= 0.3 is 0 Å². The first kappa shape index (κ1) is 20.1. The third kappa shape index (κ3) is 3.96. The number of benzene rings is 2. The van der Waals surface area contributed by atoms with Gasteiger partial charge < -0.3 is 5.32 Å². The Morgan fingerprint density at radius 3 is 2.21 bits per heavy atom. The smallest absolute Gasteiger partial charge is 0.252 e. The first-order chi connectivity index (χ1) is 14.0. The standard InChI is InChI=1S/C23H28N2O3S/c26-22(24-18-23(14-9-15-23)19-10-3-1-4-11-19)20-12-5-6-13-21(20)29(27,28)25-16-7-2-8-17-25/h1,3-6,10-13H,2,7-9,14-18H2,(H,24,26). The first-order valence-electron chi connectivity index (χ1n) is 10.5. The zero-order chi connectivity index (χ0) is 20.3. The predicted octanol–water partition coefficient (Wildman–Crippen LogP) is 3.71. The second kappa shape index (κ2) is 8.28. The van der Waals surface area contributed by atoms with Crippen molar-refractivity contribution < 1.29 is 13.2 Å². The van der Waals surface area contributed by atoms with E-state index in [1.165, 1.54) is 9.87 Å². The minimum absolute atomic E-state index is 0.0440. The summed E-state index contributed by atoms with van der Waals surface area (Å²) < 4.78 is 27.8. The zero-order valence-corrected chi connectivity index (χ0v) is 17.5. The lowest BCUT2D eigenvalue weighted by molar-refractivity contribution is 0.0924. The van der Waals surface area contributed by atoms with Crippen molar-refractivity contribution in [2.75, 3.05) is 19.6 Å². The monoisotopic (exact) mass is 412 g/mol. The normalized spacial score (nSPS) is 19.3. The minimum atomic E-state index is -3.66. The molecular weight excluding hydrogens is 384 g/mol. The van der Waals surface area contributed by atoms with Gasteiger partial charge in [-0.15, -0.1) is 0 Å². The second-order valence-corrected chi connectivity index (χ2v) is 10.0. The van der Waals surface area contributed by atoms with Gasteiger partial charge in [-0.3, -0.25) is 4.79 Å². The number of rotatable bonds is 6. The number of hydrogen-bond donors (Lipinski definition) is 1. The van der Waals surface area contributed by atoms with Crippen molar-refractivity contribution in [1.29, 1.82) is 0 Å². The van der Waals surface area contributed by atoms with Crippen LogP contribution >= 0.6 is 0 Å². The molecule has 29 heavy (non-hydrogen) atoms. The summed E-state index contributed by atoms with van der Waals surface area (Å²) in [6.07, 6.45) is 6.00. The van der Waals surface area contributed by atoms with Crippen LogP contribution in [0.2, 0.25) is 0 Å². The number of nitrogens with zero attached hydrogens (tertiary/aromatic N) is 1. The van der Waals surface area contributed by atoms with Crippen LogP contribution in [0.5, 0.6) is 0 Å². The maximum Gasteiger partial charge on any atom is 0.252 e. The van der Waals surface area contributed by atoms with E-state index in [-0.39, 0.29) is 21.8 Å². The summed E-state index contributed by atoms with van der Waals surface area (Å²) >= 11 is 0. The number of carbonyl (C=O) groups is 1. The first-order valence-corrected chi connectivity index (χ1v) is 11.9. The number of piperidine rings is 1. The molecule has 1 N–H and O–H groups in total. The molecule has 1 heterocycles. The summed E-state index contributed by atoms with van der Waals surface area (Å²) in [4.78, 5) is 13.1. The Labute approximate surface area is 173 Å². The minimum Gasteiger partial charge on any atom is -0.351 e. The van der Waals surface area contributed by atoms with E-state index >= 15 is 0 Å². The van der Waals surface area contributed by atoms with Crippen LogP contribution in [-0.4, -0.2) is 38.3 Å². The van der Waals surface area contributed by atoms with Crippen molar-refractivity contribution in [3.8, 4) is 0 Å². The molecular formula is C23H28N2O3S. The van der Waals surface area contributed by atoms with Gasteiger partial charge in [0.25, 0.3) is 5.91 Å². The van der Waals surface area contributed by atoms with Crippen molar-refractivity contribution >= 4 is 15.9 Å². The number of hydrogen-bond acceptors (Lipinski definition) is 3. The van der Waals surface area contributed by atoms with Crippen LogP contribution in [0.4, 0.5) is 0 Å². The topological polar surface area (TPSA) is 66.5 Å².